The van der Waals surface area contributed by atoms with E-state index in [1.165, 1.54) is 12.1 Å². The third kappa shape index (κ3) is 3.57. The van der Waals surface area contributed by atoms with Crippen molar-refractivity contribution >= 4 is 43.5 Å². The molecular formula is C12H14BrClN2O4S. The average molecular weight is 398 g/mol. The van der Waals surface area contributed by atoms with Gasteiger partial charge in [-0.3, -0.25) is 4.79 Å². The van der Waals surface area contributed by atoms with E-state index in [-0.39, 0.29) is 32.0 Å². The molecular weight excluding hydrogens is 384 g/mol. The van der Waals surface area contributed by atoms with Crippen LogP contribution in [-0.4, -0.2) is 45.5 Å². The van der Waals surface area contributed by atoms with Crippen LogP contribution in [0.2, 0.25) is 5.02 Å². The molecule has 0 saturated carbocycles. The summed E-state index contributed by atoms with van der Waals surface area (Å²) in [5.41, 5.74) is 0.112. The van der Waals surface area contributed by atoms with E-state index >= 15 is 0 Å². The van der Waals surface area contributed by atoms with E-state index in [0.29, 0.717) is 13.1 Å². The number of halogens is 2. The molecule has 9 heteroatoms. The third-order valence-electron chi connectivity index (χ3n) is 3.32. The van der Waals surface area contributed by atoms with Gasteiger partial charge in [0.25, 0.3) is 5.91 Å². The number of ether oxygens (including phenoxy) is 1. The Balaban J connectivity index is 2.38. The number of rotatable bonds is 3. The van der Waals surface area contributed by atoms with Crippen LogP contribution in [0.25, 0.3) is 0 Å². The van der Waals surface area contributed by atoms with E-state index in [1.54, 1.807) is 12.0 Å². The van der Waals surface area contributed by atoms with Crippen molar-refractivity contribution in [1.29, 1.82) is 0 Å². The van der Waals surface area contributed by atoms with Crippen LogP contribution in [0.1, 0.15) is 16.8 Å². The summed E-state index contributed by atoms with van der Waals surface area (Å²) in [6.45, 7) is 0.987. The lowest BCUT2D eigenvalue weighted by molar-refractivity contribution is 0.0724. The van der Waals surface area contributed by atoms with Crippen LogP contribution in [0.5, 0.6) is 0 Å². The highest BCUT2D eigenvalue weighted by Crippen LogP contribution is 2.30. The van der Waals surface area contributed by atoms with Gasteiger partial charge in [-0.05, 0) is 34.5 Å². The number of carbonyl (C=O) groups is 1. The summed E-state index contributed by atoms with van der Waals surface area (Å²) in [6.07, 6.45) is 0.721. The van der Waals surface area contributed by atoms with E-state index < -0.39 is 10.0 Å². The number of nitrogens with two attached hydrogens (primary N) is 1. The lowest BCUT2D eigenvalue weighted by atomic mass is 10.2. The van der Waals surface area contributed by atoms with Gasteiger partial charge in [0.2, 0.25) is 10.0 Å². The van der Waals surface area contributed by atoms with Gasteiger partial charge in [-0.15, -0.1) is 0 Å². The molecule has 6 nitrogen and oxygen atoms in total. The monoisotopic (exact) mass is 396 g/mol. The number of primary sulfonamides is 1. The van der Waals surface area contributed by atoms with Crippen LogP contribution in [0.15, 0.2) is 21.5 Å². The molecule has 1 atom stereocenters. The van der Waals surface area contributed by atoms with Crippen molar-refractivity contribution in [3.8, 4) is 0 Å². The standard InChI is InChI=1S/C12H14BrClN2O4S/c1-20-7-2-3-16(6-7)12(17)8-4-11(21(15,18)19)9(13)5-10(8)14/h4-5,7H,2-3,6H2,1H3,(H2,15,18,19). The van der Waals surface area contributed by atoms with Crippen LogP contribution < -0.4 is 5.14 Å². The largest absolute Gasteiger partial charge is 0.380 e. The second kappa shape index (κ2) is 6.21. The second-order valence-corrected chi connectivity index (χ2v) is 7.50. The summed E-state index contributed by atoms with van der Waals surface area (Å²) in [5, 5.41) is 5.29. The summed E-state index contributed by atoms with van der Waals surface area (Å²) in [6, 6.07) is 2.56. The summed E-state index contributed by atoms with van der Waals surface area (Å²) in [7, 11) is -2.36. The zero-order valence-corrected chi connectivity index (χ0v) is 14.3. The van der Waals surface area contributed by atoms with Gasteiger partial charge in [-0.25, -0.2) is 13.6 Å². The van der Waals surface area contributed by atoms with Crippen molar-refractivity contribution in [2.45, 2.75) is 17.4 Å². The number of methoxy groups -OCH3 is 1. The highest BCUT2D eigenvalue weighted by atomic mass is 79.9. The molecule has 1 aromatic rings. The molecule has 21 heavy (non-hydrogen) atoms. The van der Waals surface area contributed by atoms with Crippen LogP contribution in [0.4, 0.5) is 0 Å². The number of benzene rings is 1. The van der Waals surface area contributed by atoms with Crippen LogP contribution in [0, 0.1) is 0 Å². The molecule has 1 amide bonds. The topological polar surface area (TPSA) is 89.7 Å². The Kier molecular flexibility index (Phi) is 4.94. The first-order valence-corrected chi connectivity index (χ1v) is 8.79. The van der Waals surface area contributed by atoms with Crippen molar-refractivity contribution in [1.82, 2.24) is 4.90 Å². The number of nitrogens with zero attached hydrogens (tertiary/aromatic N) is 1. The highest BCUT2D eigenvalue weighted by Gasteiger charge is 2.29. The van der Waals surface area contributed by atoms with Gasteiger partial charge in [-0.2, -0.15) is 0 Å². The highest BCUT2D eigenvalue weighted by molar-refractivity contribution is 9.10. The minimum absolute atomic E-state index is 0.0131. The van der Waals surface area contributed by atoms with Gasteiger partial charge in [-0.1, -0.05) is 11.6 Å². The predicted octanol–water partition coefficient (Wildman–Crippen LogP) is 1.61. The second-order valence-electron chi connectivity index (χ2n) is 4.71. The van der Waals surface area contributed by atoms with E-state index in [1.807, 2.05) is 0 Å². The summed E-state index contributed by atoms with van der Waals surface area (Å²) in [5.74, 6) is -0.336. The Labute approximate surface area is 136 Å². The minimum atomic E-state index is -3.95. The fraction of sp³-hybridized carbons (Fsp3) is 0.417. The number of carbonyl (C=O) groups excluding carboxylic acids is 1. The normalized spacial score (nSPS) is 19.0. The number of amides is 1. The minimum Gasteiger partial charge on any atom is -0.380 e. The van der Waals surface area contributed by atoms with Crippen LogP contribution in [0.3, 0.4) is 0 Å². The molecule has 1 aliphatic rings. The maximum atomic E-state index is 12.5. The van der Waals surface area contributed by atoms with Crippen LogP contribution >= 0.6 is 27.5 Å². The average Bonchev–Trinajstić information content (AvgIpc) is 2.85. The van der Waals surface area contributed by atoms with E-state index in [4.69, 9.17) is 21.5 Å². The Morgan fingerprint density at radius 2 is 2.19 bits per heavy atom. The third-order valence-corrected chi connectivity index (χ3v) is 5.51. The molecule has 0 aromatic heterocycles. The molecule has 116 valence electrons. The zero-order valence-electron chi connectivity index (χ0n) is 11.2. The fourth-order valence-corrected chi connectivity index (χ4v) is 4.20. The number of hydrogen-bond acceptors (Lipinski definition) is 4. The number of sulfonamides is 1. The molecule has 1 unspecified atom stereocenters. The Morgan fingerprint density at radius 3 is 2.71 bits per heavy atom. The summed E-state index contributed by atoms with van der Waals surface area (Å²) in [4.78, 5) is 13.9. The van der Waals surface area contributed by atoms with E-state index in [9.17, 15) is 13.2 Å². The summed E-state index contributed by atoms with van der Waals surface area (Å²) >= 11 is 9.13. The lowest BCUT2D eigenvalue weighted by Crippen LogP contribution is -2.30. The van der Waals surface area contributed by atoms with Crippen molar-refractivity contribution in [2.24, 2.45) is 5.14 Å². The Morgan fingerprint density at radius 1 is 1.52 bits per heavy atom. The first-order chi connectivity index (χ1) is 9.74. The molecule has 0 spiro atoms. The first kappa shape index (κ1) is 16.7. The molecule has 2 rings (SSSR count). The van der Waals surface area contributed by atoms with Gasteiger partial charge in [0.15, 0.2) is 0 Å². The quantitative estimate of drug-likeness (QED) is 0.839. The molecule has 0 bridgehead atoms. The smallest absolute Gasteiger partial charge is 0.255 e. The predicted molar refractivity (Wildman–Crippen MR) is 81.8 cm³/mol. The molecule has 1 heterocycles. The molecule has 1 aromatic carbocycles. The molecule has 1 fully saturated rings. The molecule has 1 saturated heterocycles. The Hall–Kier alpha value is -0.670. The maximum Gasteiger partial charge on any atom is 0.255 e. The van der Waals surface area contributed by atoms with Gasteiger partial charge in [0.1, 0.15) is 0 Å². The molecule has 0 radical (unpaired) electrons. The van der Waals surface area contributed by atoms with Gasteiger partial charge in [0.05, 0.1) is 21.6 Å². The van der Waals surface area contributed by atoms with Gasteiger partial charge >= 0.3 is 0 Å². The van der Waals surface area contributed by atoms with Gasteiger partial charge in [0, 0.05) is 24.7 Å². The van der Waals surface area contributed by atoms with Gasteiger partial charge < -0.3 is 9.64 Å². The SMILES string of the molecule is COC1CCN(C(=O)c2cc(S(N)(=O)=O)c(Br)cc2Cl)C1. The fourth-order valence-electron chi connectivity index (χ4n) is 2.19. The molecule has 1 aliphatic heterocycles. The first-order valence-electron chi connectivity index (χ1n) is 6.08. The summed E-state index contributed by atoms with van der Waals surface area (Å²) < 4.78 is 28.5. The van der Waals surface area contributed by atoms with Crippen molar-refractivity contribution < 1.29 is 17.9 Å². The van der Waals surface area contributed by atoms with E-state index in [2.05, 4.69) is 15.9 Å². The number of likely N-dealkylation sites (tertiary alicyclic amines) is 1. The molecule has 0 aliphatic carbocycles. The van der Waals surface area contributed by atoms with E-state index in [0.717, 1.165) is 6.42 Å². The molecule has 2 N–H and O–H groups in total. The van der Waals surface area contributed by atoms with Crippen molar-refractivity contribution in [2.75, 3.05) is 20.2 Å². The van der Waals surface area contributed by atoms with Crippen molar-refractivity contribution in [3.63, 3.8) is 0 Å². The maximum absolute atomic E-state index is 12.5. The number of hydrogen-bond donors (Lipinski definition) is 1. The van der Waals surface area contributed by atoms with Crippen molar-refractivity contribution in [3.05, 3.63) is 27.2 Å². The lowest BCUT2D eigenvalue weighted by Gasteiger charge is -2.17. The van der Waals surface area contributed by atoms with Crippen LogP contribution in [-0.2, 0) is 14.8 Å². The Bertz CT molecular complexity index is 680. The zero-order chi connectivity index (χ0) is 15.8.